The van der Waals surface area contributed by atoms with Crippen LogP contribution < -0.4 is 10.2 Å². The van der Waals surface area contributed by atoms with Gasteiger partial charge in [0.2, 0.25) is 5.91 Å². The fourth-order valence-electron chi connectivity index (χ4n) is 5.14. The lowest BCUT2D eigenvalue weighted by molar-refractivity contribution is -0.124. The van der Waals surface area contributed by atoms with E-state index in [2.05, 4.69) is 34.6 Å². The normalized spacial score (nSPS) is 25.3. The summed E-state index contributed by atoms with van der Waals surface area (Å²) in [6.45, 7) is 2.23. The van der Waals surface area contributed by atoms with E-state index in [9.17, 15) is 4.79 Å². The lowest BCUT2D eigenvalue weighted by atomic mass is 9.86. The third-order valence-electron chi connectivity index (χ3n) is 7.00. The first kappa shape index (κ1) is 20.5. The molecular formula is C25H31N3O3. The molecule has 6 nitrogen and oxygen atoms in total. The molecule has 0 bridgehead atoms. The van der Waals surface area contributed by atoms with E-state index in [1.54, 1.807) is 13.3 Å². The Hall–Kier alpha value is -2.44. The maximum absolute atomic E-state index is 13.7. The van der Waals surface area contributed by atoms with Crippen LogP contribution in [0.1, 0.15) is 43.2 Å². The molecule has 0 unspecified atom stereocenters. The number of rotatable bonds is 4. The van der Waals surface area contributed by atoms with Gasteiger partial charge in [-0.2, -0.15) is 0 Å². The molecule has 164 valence electrons. The van der Waals surface area contributed by atoms with Crippen LogP contribution in [0.25, 0.3) is 0 Å². The van der Waals surface area contributed by atoms with Crippen molar-refractivity contribution in [2.24, 2.45) is 11.8 Å². The lowest BCUT2D eigenvalue weighted by Crippen LogP contribution is -2.38. The molecule has 3 heterocycles. The Morgan fingerprint density at radius 2 is 2.10 bits per heavy atom. The smallest absolute Gasteiger partial charge is 0.230 e. The second-order valence-corrected chi connectivity index (χ2v) is 9.06. The number of aromatic nitrogens is 1. The summed E-state index contributed by atoms with van der Waals surface area (Å²) >= 11 is 0. The highest BCUT2D eigenvalue weighted by molar-refractivity contribution is 5.99. The van der Waals surface area contributed by atoms with Crippen LogP contribution in [-0.2, 0) is 27.2 Å². The van der Waals surface area contributed by atoms with Gasteiger partial charge in [0.1, 0.15) is 5.82 Å². The molecule has 1 N–H and O–H groups in total. The predicted octanol–water partition coefficient (Wildman–Crippen LogP) is 4.46. The van der Waals surface area contributed by atoms with Gasteiger partial charge in [-0.3, -0.25) is 4.79 Å². The average Bonchev–Trinajstić information content (AvgIpc) is 3.26. The van der Waals surface area contributed by atoms with Crippen LogP contribution in [0.4, 0.5) is 17.2 Å². The molecule has 2 fully saturated rings. The molecule has 2 aliphatic heterocycles. The number of hydrogen-bond donors (Lipinski definition) is 1. The number of nitrogens with one attached hydrogen (secondary N) is 1. The first-order valence-corrected chi connectivity index (χ1v) is 11.5. The topological polar surface area (TPSA) is 63.7 Å². The van der Waals surface area contributed by atoms with Crippen molar-refractivity contribution in [3.63, 3.8) is 0 Å². The summed E-state index contributed by atoms with van der Waals surface area (Å²) in [5.74, 6) is 1.66. The number of methoxy groups -OCH3 is 1. The Kier molecular flexibility index (Phi) is 5.92. The standard InChI is InChI=1S/C25H31N3O3/c1-30-21-7-5-19(6-8-21)25(29)28-15-20-3-2-11-26-24(20)27-22-9-4-17(14-23(22)28)13-18-10-12-31-16-18/h2-4,9,11,14,18-19,21H,5-8,10,12-13,15-16H2,1H3,(H,26,27)/t18-,19?,21?/m1/s1. The Morgan fingerprint density at radius 3 is 2.87 bits per heavy atom. The fourth-order valence-corrected chi connectivity index (χ4v) is 5.14. The molecule has 2 aromatic rings. The van der Waals surface area contributed by atoms with Gasteiger partial charge in [-0.05, 0) is 68.2 Å². The molecule has 5 rings (SSSR count). The van der Waals surface area contributed by atoms with Crippen LogP contribution in [0, 0.1) is 11.8 Å². The summed E-state index contributed by atoms with van der Waals surface area (Å²) in [5, 5.41) is 3.48. The molecule has 1 saturated heterocycles. The number of hydrogen-bond acceptors (Lipinski definition) is 5. The number of nitrogens with zero attached hydrogens (tertiary/aromatic N) is 2. The third-order valence-corrected chi connectivity index (χ3v) is 7.00. The predicted molar refractivity (Wildman–Crippen MR) is 121 cm³/mol. The molecule has 31 heavy (non-hydrogen) atoms. The van der Waals surface area contributed by atoms with Crippen molar-refractivity contribution in [2.45, 2.75) is 51.2 Å². The molecule has 1 amide bonds. The fraction of sp³-hybridized carbons (Fsp3) is 0.520. The van der Waals surface area contributed by atoms with Gasteiger partial charge < -0.3 is 19.7 Å². The Balaban J connectivity index is 1.46. The summed E-state index contributed by atoms with van der Waals surface area (Å²) in [4.78, 5) is 20.3. The van der Waals surface area contributed by atoms with Gasteiger partial charge in [0.15, 0.2) is 0 Å². The van der Waals surface area contributed by atoms with Crippen molar-refractivity contribution in [1.29, 1.82) is 0 Å². The first-order chi connectivity index (χ1) is 15.2. The highest BCUT2D eigenvalue weighted by atomic mass is 16.5. The molecule has 1 aliphatic carbocycles. The number of benzene rings is 1. The van der Waals surface area contributed by atoms with E-state index in [0.29, 0.717) is 12.5 Å². The first-order valence-electron chi connectivity index (χ1n) is 11.5. The summed E-state index contributed by atoms with van der Waals surface area (Å²) < 4.78 is 11.1. The molecule has 1 aromatic heterocycles. The minimum atomic E-state index is 0.0457. The van der Waals surface area contributed by atoms with Gasteiger partial charge >= 0.3 is 0 Å². The number of amides is 1. The van der Waals surface area contributed by atoms with Crippen molar-refractivity contribution < 1.29 is 14.3 Å². The number of carbonyl (C=O) groups excluding carboxylic acids is 1. The molecule has 1 atom stereocenters. The number of carbonyl (C=O) groups is 1. The van der Waals surface area contributed by atoms with E-state index >= 15 is 0 Å². The Morgan fingerprint density at radius 1 is 1.23 bits per heavy atom. The van der Waals surface area contributed by atoms with Gasteiger partial charge in [-0.1, -0.05) is 12.1 Å². The zero-order chi connectivity index (χ0) is 21.2. The monoisotopic (exact) mass is 421 g/mol. The van der Waals surface area contributed by atoms with Crippen LogP contribution in [0.3, 0.4) is 0 Å². The van der Waals surface area contributed by atoms with E-state index in [1.165, 1.54) is 5.56 Å². The van der Waals surface area contributed by atoms with Gasteiger partial charge in [0, 0.05) is 38.0 Å². The summed E-state index contributed by atoms with van der Waals surface area (Å²) in [6, 6.07) is 10.5. The lowest BCUT2D eigenvalue weighted by Gasteiger charge is -2.32. The van der Waals surface area contributed by atoms with E-state index in [1.807, 2.05) is 11.0 Å². The Bertz CT molecular complexity index is 933. The van der Waals surface area contributed by atoms with E-state index in [0.717, 1.165) is 74.5 Å². The Labute approximate surface area is 183 Å². The number of pyridine rings is 1. The van der Waals surface area contributed by atoms with Crippen LogP contribution in [0.15, 0.2) is 36.5 Å². The van der Waals surface area contributed by atoms with E-state index in [4.69, 9.17) is 9.47 Å². The maximum Gasteiger partial charge on any atom is 0.230 e. The molecule has 6 heteroatoms. The summed E-state index contributed by atoms with van der Waals surface area (Å²) in [7, 11) is 1.77. The van der Waals surface area contributed by atoms with Gasteiger partial charge in [0.25, 0.3) is 0 Å². The van der Waals surface area contributed by atoms with E-state index in [-0.39, 0.29) is 17.9 Å². The van der Waals surface area contributed by atoms with Crippen LogP contribution in [0.5, 0.6) is 0 Å². The molecule has 0 spiro atoms. The second kappa shape index (κ2) is 8.97. The third kappa shape index (κ3) is 4.32. The van der Waals surface area contributed by atoms with Gasteiger partial charge in [-0.25, -0.2) is 4.98 Å². The molecule has 1 aromatic carbocycles. The maximum atomic E-state index is 13.7. The number of anilines is 3. The quantitative estimate of drug-likeness (QED) is 0.790. The largest absolute Gasteiger partial charge is 0.381 e. The van der Waals surface area contributed by atoms with Gasteiger partial charge in [-0.15, -0.1) is 0 Å². The SMILES string of the molecule is COC1CCC(C(=O)N2Cc3cccnc3Nc3ccc(C[C@H]4CCOC4)cc32)CC1. The second-order valence-electron chi connectivity index (χ2n) is 9.06. The van der Waals surface area contributed by atoms with Crippen molar-refractivity contribution in [2.75, 3.05) is 30.5 Å². The van der Waals surface area contributed by atoms with Gasteiger partial charge in [0.05, 0.1) is 24.0 Å². The number of fused-ring (bicyclic) bond motifs is 2. The zero-order valence-corrected chi connectivity index (χ0v) is 18.2. The van der Waals surface area contributed by atoms with Crippen molar-refractivity contribution in [1.82, 2.24) is 4.98 Å². The summed E-state index contributed by atoms with van der Waals surface area (Å²) in [5.41, 5.74) is 4.22. The molecular weight excluding hydrogens is 390 g/mol. The molecule has 3 aliphatic rings. The zero-order valence-electron chi connectivity index (χ0n) is 18.2. The minimum Gasteiger partial charge on any atom is -0.381 e. The summed E-state index contributed by atoms with van der Waals surface area (Å²) in [6.07, 6.45) is 7.84. The van der Waals surface area contributed by atoms with Crippen molar-refractivity contribution in [3.8, 4) is 0 Å². The number of ether oxygens (including phenoxy) is 2. The highest BCUT2D eigenvalue weighted by Crippen LogP contribution is 2.38. The van der Waals surface area contributed by atoms with E-state index < -0.39 is 0 Å². The minimum absolute atomic E-state index is 0.0457. The molecule has 0 radical (unpaired) electrons. The van der Waals surface area contributed by atoms with Crippen molar-refractivity contribution >= 4 is 23.1 Å². The van der Waals surface area contributed by atoms with Crippen LogP contribution in [0.2, 0.25) is 0 Å². The average molecular weight is 422 g/mol. The highest BCUT2D eigenvalue weighted by Gasteiger charge is 2.33. The van der Waals surface area contributed by atoms with Crippen LogP contribution in [-0.4, -0.2) is 37.3 Å². The van der Waals surface area contributed by atoms with Crippen LogP contribution >= 0.6 is 0 Å². The van der Waals surface area contributed by atoms with Crippen molar-refractivity contribution in [3.05, 3.63) is 47.7 Å². The molecule has 1 saturated carbocycles.